The molecule has 8 heteroatoms. The number of ether oxygens (including phenoxy) is 1. The number of hydrogen-bond donors (Lipinski definition) is 1. The molecule has 2 rings (SSSR count). The van der Waals surface area contributed by atoms with Crippen molar-refractivity contribution in [1.82, 2.24) is 15.1 Å². The highest BCUT2D eigenvalue weighted by Crippen LogP contribution is 2.31. The van der Waals surface area contributed by atoms with Gasteiger partial charge in [0.25, 0.3) is 0 Å². The van der Waals surface area contributed by atoms with Crippen molar-refractivity contribution < 1.29 is 19.1 Å². The maximum Gasteiger partial charge on any atom is 0.333 e. The molecule has 1 N–H and O–H groups in total. The highest BCUT2D eigenvalue weighted by molar-refractivity contribution is 8.00. The average Bonchev–Trinajstić information content (AvgIpc) is 3.17. The first-order valence-electron chi connectivity index (χ1n) is 13.3. The van der Waals surface area contributed by atoms with E-state index in [1.165, 1.54) is 17.3 Å². The van der Waals surface area contributed by atoms with Crippen LogP contribution in [-0.2, 0) is 19.1 Å². The van der Waals surface area contributed by atoms with Crippen LogP contribution >= 0.6 is 11.8 Å². The molecule has 1 heterocycles. The smallest absolute Gasteiger partial charge is 0.333 e. The summed E-state index contributed by atoms with van der Waals surface area (Å²) in [6.07, 6.45) is 2.21. The van der Waals surface area contributed by atoms with E-state index in [-0.39, 0.29) is 30.4 Å². The molecule has 1 aliphatic rings. The summed E-state index contributed by atoms with van der Waals surface area (Å²) in [5.74, 6) is 1.56. The molecule has 1 aromatic carbocycles. The van der Waals surface area contributed by atoms with Gasteiger partial charge in [0.15, 0.2) is 0 Å². The Morgan fingerprint density at radius 2 is 1.55 bits per heavy atom. The minimum atomic E-state index is -0.384. The molecule has 0 radical (unpaired) electrons. The molecule has 0 bridgehead atoms. The lowest BCUT2D eigenvalue weighted by Crippen LogP contribution is -2.43. The summed E-state index contributed by atoms with van der Waals surface area (Å²) in [6.45, 7) is 19.9. The fourth-order valence-corrected chi connectivity index (χ4v) is 4.12. The molecule has 1 fully saturated rings. The van der Waals surface area contributed by atoms with E-state index in [0.717, 1.165) is 5.92 Å². The van der Waals surface area contributed by atoms with E-state index in [0.29, 0.717) is 23.3 Å². The van der Waals surface area contributed by atoms with Gasteiger partial charge in [0.2, 0.25) is 12.3 Å². The van der Waals surface area contributed by atoms with Crippen molar-refractivity contribution in [2.24, 2.45) is 11.8 Å². The average molecular weight is 552 g/mol. The third kappa shape index (κ3) is 20.7. The molecule has 0 aromatic heterocycles. The van der Waals surface area contributed by atoms with Gasteiger partial charge in [0.1, 0.15) is 0 Å². The number of hydrogen-bond acceptors (Lipinski definition) is 6. The molecule has 0 spiro atoms. The first kappa shape index (κ1) is 37.8. The minimum absolute atomic E-state index is 0.0600. The first-order valence-corrected chi connectivity index (χ1v) is 14.3. The number of nitrogens with zero attached hydrogens (tertiary/aromatic N) is 2. The third-order valence-electron chi connectivity index (χ3n) is 4.87. The number of benzene rings is 1. The van der Waals surface area contributed by atoms with Crippen LogP contribution in [0.25, 0.3) is 0 Å². The van der Waals surface area contributed by atoms with E-state index in [1.807, 2.05) is 62.0 Å². The number of carbonyl (C=O) groups excluding carboxylic acids is 3. The van der Waals surface area contributed by atoms with Crippen LogP contribution < -0.4 is 5.32 Å². The third-order valence-corrected chi connectivity index (χ3v) is 6.35. The Balaban J connectivity index is 0. The van der Waals surface area contributed by atoms with E-state index in [9.17, 15) is 14.4 Å². The Labute approximate surface area is 236 Å². The maximum atomic E-state index is 11.9. The van der Waals surface area contributed by atoms with Crippen LogP contribution in [0.15, 0.2) is 48.0 Å². The Morgan fingerprint density at radius 3 is 1.84 bits per heavy atom. The second-order valence-corrected chi connectivity index (χ2v) is 12.4. The normalized spacial score (nSPS) is 15.0. The summed E-state index contributed by atoms with van der Waals surface area (Å²) in [6, 6.07) is 11.8. The lowest BCUT2D eigenvalue weighted by atomic mass is 10.00. The molecule has 38 heavy (non-hydrogen) atoms. The van der Waals surface area contributed by atoms with Crippen molar-refractivity contribution in [1.29, 1.82) is 0 Å². The van der Waals surface area contributed by atoms with E-state index in [1.54, 1.807) is 27.0 Å². The van der Waals surface area contributed by atoms with E-state index in [2.05, 4.69) is 51.9 Å². The molecular weight excluding hydrogens is 498 g/mol. The molecule has 0 unspecified atom stereocenters. The minimum Gasteiger partial charge on any atom is -0.463 e. The summed E-state index contributed by atoms with van der Waals surface area (Å²) in [7, 11) is 3.82. The van der Waals surface area contributed by atoms with Gasteiger partial charge in [-0.1, -0.05) is 77.1 Å². The van der Waals surface area contributed by atoms with Gasteiger partial charge in [-0.25, -0.2) is 4.79 Å². The van der Waals surface area contributed by atoms with Crippen molar-refractivity contribution in [2.45, 2.75) is 73.1 Å². The summed E-state index contributed by atoms with van der Waals surface area (Å²) in [5, 5.41) is 2.34. The number of esters is 1. The van der Waals surface area contributed by atoms with Crippen LogP contribution in [0.5, 0.6) is 0 Å². The maximum absolute atomic E-state index is 11.9. The monoisotopic (exact) mass is 551 g/mol. The van der Waals surface area contributed by atoms with Crippen LogP contribution in [0.2, 0.25) is 0 Å². The first-order chi connectivity index (χ1) is 17.7. The lowest BCUT2D eigenvalue weighted by molar-refractivity contribution is -0.138. The number of rotatable bonds is 8. The lowest BCUT2D eigenvalue weighted by Gasteiger charge is -2.29. The Morgan fingerprint density at radius 1 is 1.08 bits per heavy atom. The van der Waals surface area contributed by atoms with Gasteiger partial charge < -0.3 is 15.0 Å². The fourth-order valence-electron chi connectivity index (χ4n) is 3.15. The Kier molecular flexibility index (Phi) is 21.5. The SMILES string of the molecule is CC(C)C.CCOC(=O)/C(C)=C/[C@H](C(C)C)N(C)C(=O)CNC=O.CN1CSC(C)(C)C1.c1ccccc1. The molecule has 1 aliphatic heterocycles. The van der Waals surface area contributed by atoms with Crippen molar-refractivity contribution >= 4 is 30.0 Å². The van der Waals surface area contributed by atoms with Crippen LogP contribution in [0.3, 0.4) is 0 Å². The van der Waals surface area contributed by atoms with Gasteiger partial charge in [-0.15, -0.1) is 11.8 Å². The van der Waals surface area contributed by atoms with Crippen molar-refractivity contribution in [2.75, 3.05) is 39.7 Å². The van der Waals surface area contributed by atoms with Gasteiger partial charge in [-0.3, -0.25) is 14.5 Å². The zero-order chi connectivity index (χ0) is 29.7. The Bertz CT molecular complexity index is 768. The van der Waals surface area contributed by atoms with Crippen molar-refractivity contribution in [3.05, 3.63) is 48.0 Å². The predicted octanol–water partition coefficient (Wildman–Crippen LogP) is 5.47. The molecule has 1 aromatic rings. The molecule has 218 valence electrons. The van der Waals surface area contributed by atoms with Gasteiger partial charge in [0, 0.05) is 29.8 Å². The highest BCUT2D eigenvalue weighted by Gasteiger charge is 2.27. The van der Waals surface area contributed by atoms with Gasteiger partial charge >= 0.3 is 5.97 Å². The molecule has 0 aliphatic carbocycles. The van der Waals surface area contributed by atoms with Gasteiger partial charge in [-0.2, -0.15) is 0 Å². The van der Waals surface area contributed by atoms with Crippen LogP contribution in [0.1, 0.15) is 62.3 Å². The quantitative estimate of drug-likeness (QED) is 0.262. The summed E-state index contributed by atoms with van der Waals surface area (Å²) >= 11 is 2.03. The number of nitrogens with one attached hydrogen (secondary N) is 1. The number of likely N-dealkylation sites (N-methyl/N-ethyl adjacent to an activating group) is 1. The number of amides is 2. The summed E-state index contributed by atoms with van der Waals surface area (Å²) in [4.78, 5) is 37.6. The second kappa shape index (κ2) is 21.6. The largest absolute Gasteiger partial charge is 0.463 e. The van der Waals surface area contributed by atoms with Crippen molar-refractivity contribution in [3.63, 3.8) is 0 Å². The zero-order valence-corrected chi connectivity index (χ0v) is 26.4. The number of thioether (sulfide) groups is 1. The number of carbonyl (C=O) groups is 3. The van der Waals surface area contributed by atoms with Crippen LogP contribution in [0.4, 0.5) is 0 Å². The van der Waals surface area contributed by atoms with E-state index in [4.69, 9.17) is 4.74 Å². The predicted molar refractivity (Wildman–Crippen MR) is 162 cm³/mol. The molecule has 2 amide bonds. The molecule has 7 nitrogen and oxygen atoms in total. The van der Waals surface area contributed by atoms with Crippen molar-refractivity contribution in [3.8, 4) is 0 Å². The van der Waals surface area contributed by atoms with Crippen LogP contribution in [0, 0.1) is 11.8 Å². The summed E-state index contributed by atoms with van der Waals surface area (Å²) in [5.41, 5.74) is 0.466. The molecule has 0 saturated carbocycles. The van der Waals surface area contributed by atoms with Crippen LogP contribution in [-0.4, -0.2) is 78.5 Å². The van der Waals surface area contributed by atoms with E-state index < -0.39 is 0 Å². The topological polar surface area (TPSA) is 79.0 Å². The molecule has 1 atom stereocenters. The molecular formula is C30H53N3O4S. The standard InChI is InChI=1S/C14H24N2O4.C6H13NS.C6H6.C4H10/c1-6-20-14(19)11(4)7-12(10(2)3)16(5)13(18)8-15-9-17;1-6(2)4-7(3)5-8-6;1-2-4-6-5-3-1;1-4(2)3/h7,9-10,12H,6,8H2,1-5H3,(H,15,17);4-5H2,1-3H3;1-6H;4H,1-3H3/b11-7+;;;/t12-;;;/m1.../s1. The fraction of sp³-hybridized carbons (Fsp3) is 0.633. The molecule has 1 saturated heterocycles. The zero-order valence-electron chi connectivity index (χ0n) is 25.6. The van der Waals surface area contributed by atoms with E-state index >= 15 is 0 Å². The highest BCUT2D eigenvalue weighted by atomic mass is 32.2. The van der Waals surface area contributed by atoms with Gasteiger partial charge in [-0.05, 0) is 46.6 Å². The van der Waals surface area contributed by atoms with Gasteiger partial charge in [0.05, 0.1) is 19.2 Å². The summed E-state index contributed by atoms with van der Waals surface area (Å²) < 4.78 is 5.43. The Hall–Kier alpha value is -2.32. The second-order valence-electron chi connectivity index (χ2n) is 10.7.